The van der Waals surface area contributed by atoms with Crippen molar-refractivity contribution in [1.82, 2.24) is 9.88 Å². The zero-order valence-corrected chi connectivity index (χ0v) is 18.1. The van der Waals surface area contributed by atoms with E-state index >= 15 is 0 Å². The van der Waals surface area contributed by atoms with Crippen LogP contribution in [0.2, 0.25) is 5.15 Å². The lowest BCUT2D eigenvalue weighted by Crippen LogP contribution is -2.32. The van der Waals surface area contributed by atoms with Gasteiger partial charge >= 0.3 is 12.1 Å². The van der Waals surface area contributed by atoms with Crippen LogP contribution in [0.4, 0.5) is 18.9 Å². The minimum Gasteiger partial charge on any atom is -0.466 e. The van der Waals surface area contributed by atoms with Crippen LogP contribution in [0.5, 0.6) is 0 Å². The molecule has 1 aliphatic rings. The first-order chi connectivity index (χ1) is 15.5. The molecule has 3 amide bonds. The number of ether oxygens (including phenoxy) is 1. The zero-order chi connectivity index (χ0) is 24.5. The number of halogens is 4. The second kappa shape index (κ2) is 9.18. The molecule has 0 saturated heterocycles. The highest BCUT2D eigenvalue weighted by Gasteiger charge is 2.41. The lowest BCUT2D eigenvalue weighted by molar-refractivity contribution is -0.143. The molecule has 1 N–H and O–H groups in total. The van der Waals surface area contributed by atoms with E-state index in [9.17, 15) is 32.3 Å². The Labute approximate surface area is 190 Å². The van der Waals surface area contributed by atoms with Crippen LogP contribution < -0.4 is 5.32 Å². The van der Waals surface area contributed by atoms with Crippen molar-refractivity contribution in [3.63, 3.8) is 0 Å². The molecule has 0 aliphatic carbocycles. The molecule has 12 heteroatoms. The van der Waals surface area contributed by atoms with Gasteiger partial charge in [0, 0.05) is 12.1 Å². The summed E-state index contributed by atoms with van der Waals surface area (Å²) in [6, 6.07) is 3.46. The first-order valence-corrected chi connectivity index (χ1v) is 10.0. The van der Waals surface area contributed by atoms with Crippen molar-refractivity contribution in [1.29, 1.82) is 0 Å². The number of anilines is 1. The number of aryl methyl sites for hydroxylation is 1. The molecule has 8 nitrogen and oxygen atoms in total. The quantitative estimate of drug-likeness (QED) is 0.380. The molecular weight excluding hydrogens is 467 g/mol. The number of carbonyl (C=O) groups is 4. The molecule has 1 aromatic carbocycles. The van der Waals surface area contributed by atoms with Crippen molar-refractivity contribution < 1.29 is 37.1 Å². The molecule has 2 heterocycles. The number of hydrogen-bond acceptors (Lipinski definition) is 6. The Morgan fingerprint density at radius 3 is 2.30 bits per heavy atom. The predicted molar refractivity (Wildman–Crippen MR) is 110 cm³/mol. The number of amides is 3. The normalized spacial score (nSPS) is 13.2. The summed E-state index contributed by atoms with van der Waals surface area (Å²) in [6.07, 6.45) is -4.80. The molecule has 0 bridgehead atoms. The number of benzene rings is 1. The van der Waals surface area contributed by atoms with Gasteiger partial charge in [-0.15, -0.1) is 0 Å². The number of rotatable bonds is 6. The van der Waals surface area contributed by atoms with E-state index in [1.807, 2.05) is 0 Å². The highest BCUT2D eigenvalue weighted by molar-refractivity contribution is 6.37. The number of esters is 1. The third kappa shape index (κ3) is 4.82. The standard InChI is InChI=1S/C21H17ClF3N3O5/c1-3-33-13(29)8-9-28-19(31)14-15(20(28)32)17(22)26-10(2)16(14)27-18(30)11-4-6-12(7-5-11)21(23,24)25/h4-7H,3,8-9H2,1-2H3,(H,27,30). The molecular formula is C21H17ClF3N3O5. The van der Waals surface area contributed by atoms with Crippen LogP contribution in [-0.2, 0) is 15.7 Å². The third-order valence-corrected chi connectivity index (χ3v) is 5.08. The maximum absolute atomic E-state index is 13.0. The number of fused-ring (bicyclic) bond motifs is 1. The predicted octanol–water partition coefficient (Wildman–Crippen LogP) is 3.86. The molecule has 0 fully saturated rings. The number of imide groups is 1. The molecule has 0 radical (unpaired) electrons. The minimum absolute atomic E-state index is 0.101. The fraction of sp³-hybridized carbons (Fsp3) is 0.286. The molecule has 0 atom stereocenters. The summed E-state index contributed by atoms with van der Waals surface area (Å²) in [5, 5.41) is 2.18. The highest BCUT2D eigenvalue weighted by atomic mass is 35.5. The van der Waals surface area contributed by atoms with Crippen molar-refractivity contribution in [2.24, 2.45) is 0 Å². The Bertz CT molecular complexity index is 1150. The van der Waals surface area contributed by atoms with Crippen molar-refractivity contribution >= 4 is 41.0 Å². The number of alkyl halides is 3. The number of aromatic nitrogens is 1. The van der Waals surface area contributed by atoms with Gasteiger partial charge in [-0.2, -0.15) is 13.2 Å². The van der Waals surface area contributed by atoms with Crippen LogP contribution in [0.3, 0.4) is 0 Å². The number of hydrogen-bond donors (Lipinski definition) is 1. The van der Waals surface area contributed by atoms with Gasteiger partial charge in [-0.05, 0) is 38.1 Å². The lowest BCUT2D eigenvalue weighted by Gasteiger charge is -2.14. The van der Waals surface area contributed by atoms with Gasteiger partial charge < -0.3 is 10.1 Å². The molecule has 2 aromatic rings. The molecule has 33 heavy (non-hydrogen) atoms. The first-order valence-electron chi connectivity index (χ1n) is 9.66. The van der Waals surface area contributed by atoms with Crippen molar-refractivity contribution in [2.45, 2.75) is 26.4 Å². The number of carbonyl (C=O) groups excluding carboxylic acids is 4. The van der Waals surface area contributed by atoms with Crippen LogP contribution in [0, 0.1) is 6.92 Å². The summed E-state index contributed by atoms with van der Waals surface area (Å²) in [5.41, 5.74) is -1.46. The van der Waals surface area contributed by atoms with Crippen molar-refractivity contribution in [3.8, 4) is 0 Å². The Morgan fingerprint density at radius 1 is 1.12 bits per heavy atom. The van der Waals surface area contributed by atoms with Gasteiger partial charge in [-0.3, -0.25) is 24.1 Å². The van der Waals surface area contributed by atoms with Crippen molar-refractivity contribution in [2.75, 3.05) is 18.5 Å². The average molecular weight is 484 g/mol. The summed E-state index contributed by atoms with van der Waals surface area (Å²) < 4.78 is 43.1. The Kier molecular flexibility index (Phi) is 6.73. The largest absolute Gasteiger partial charge is 0.466 e. The Hall–Kier alpha value is -3.47. The first kappa shape index (κ1) is 24.2. The van der Waals surface area contributed by atoms with Crippen molar-refractivity contribution in [3.05, 3.63) is 57.4 Å². The van der Waals surface area contributed by atoms with Gasteiger partial charge in [-0.25, -0.2) is 4.98 Å². The number of nitrogens with zero attached hydrogens (tertiary/aromatic N) is 2. The minimum atomic E-state index is -4.56. The summed E-state index contributed by atoms with van der Waals surface area (Å²) >= 11 is 6.08. The summed E-state index contributed by atoms with van der Waals surface area (Å²) in [6.45, 7) is 2.91. The van der Waals surface area contributed by atoms with Gasteiger partial charge in [0.2, 0.25) is 0 Å². The molecule has 0 saturated carbocycles. The van der Waals surface area contributed by atoms with Gasteiger partial charge in [0.25, 0.3) is 17.7 Å². The molecule has 3 rings (SSSR count). The zero-order valence-electron chi connectivity index (χ0n) is 17.4. The van der Waals surface area contributed by atoms with E-state index in [1.165, 1.54) is 6.92 Å². The van der Waals surface area contributed by atoms with E-state index in [0.29, 0.717) is 0 Å². The highest BCUT2D eigenvalue weighted by Crippen LogP contribution is 2.36. The van der Waals surface area contributed by atoms with E-state index < -0.39 is 35.4 Å². The van der Waals surface area contributed by atoms with Crippen LogP contribution in [0.25, 0.3) is 0 Å². The molecule has 174 valence electrons. The van der Waals surface area contributed by atoms with Gasteiger partial charge in [-0.1, -0.05) is 11.6 Å². The fourth-order valence-corrected chi connectivity index (χ4v) is 3.53. The Morgan fingerprint density at radius 2 is 1.73 bits per heavy atom. The maximum Gasteiger partial charge on any atom is 0.416 e. The molecule has 1 aromatic heterocycles. The molecule has 0 spiro atoms. The number of nitrogens with one attached hydrogen (secondary N) is 1. The third-order valence-electron chi connectivity index (χ3n) is 4.81. The Balaban J connectivity index is 1.90. The maximum atomic E-state index is 13.0. The SMILES string of the molecule is CCOC(=O)CCN1C(=O)c2c(Cl)nc(C)c(NC(=O)c3ccc(C(F)(F)F)cc3)c2C1=O. The summed E-state index contributed by atoms with van der Waals surface area (Å²) in [5.74, 6) is -3.01. The smallest absolute Gasteiger partial charge is 0.416 e. The number of pyridine rings is 1. The van der Waals surface area contributed by atoms with E-state index in [2.05, 4.69) is 10.3 Å². The molecule has 0 unspecified atom stereocenters. The van der Waals surface area contributed by atoms with Crippen LogP contribution in [-0.4, -0.2) is 46.7 Å². The fourth-order valence-electron chi connectivity index (χ4n) is 3.23. The molecule has 1 aliphatic heterocycles. The van der Waals surface area contributed by atoms with E-state index in [4.69, 9.17) is 16.3 Å². The van der Waals surface area contributed by atoms with E-state index in [0.717, 1.165) is 29.2 Å². The van der Waals surface area contributed by atoms with Crippen LogP contribution in [0.15, 0.2) is 24.3 Å². The second-order valence-electron chi connectivity index (χ2n) is 6.96. The monoisotopic (exact) mass is 483 g/mol. The van der Waals surface area contributed by atoms with Gasteiger partial charge in [0.1, 0.15) is 5.15 Å². The average Bonchev–Trinajstić information content (AvgIpc) is 2.99. The topological polar surface area (TPSA) is 106 Å². The van der Waals surface area contributed by atoms with Gasteiger partial charge in [0.15, 0.2) is 0 Å². The summed E-state index contributed by atoms with van der Waals surface area (Å²) in [4.78, 5) is 54.8. The van der Waals surface area contributed by atoms with Crippen LogP contribution in [0.1, 0.15) is 55.7 Å². The van der Waals surface area contributed by atoms with E-state index in [1.54, 1.807) is 6.92 Å². The van der Waals surface area contributed by atoms with Crippen LogP contribution >= 0.6 is 11.6 Å². The summed E-state index contributed by atoms with van der Waals surface area (Å²) in [7, 11) is 0. The lowest BCUT2D eigenvalue weighted by atomic mass is 10.1. The van der Waals surface area contributed by atoms with Gasteiger partial charge in [0.05, 0.1) is 41.1 Å². The van der Waals surface area contributed by atoms with E-state index in [-0.39, 0.29) is 52.8 Å². The second-order valence-corrected chi connectivity index (χ2v) is 7.32.